The van der Waals surface area contributed by atoms with Crippen LogP contribution < -0.4 is 0 Å². The molecule has 1 aromatic heterocycles. The summed E-state index contributed by atoms with van der Waals surface area (Å²) in [5, 5.41) is 3.34. The first-order chi connectivity index (χ1) is 11.3. The van der Waals surface area contributed by atoms with Crippen molar-refractivity contribution in [3.05, 3.63) is 35.7 Å². The molecule has 24 heavy (non-hydrogen) atoms. The molecule has 8 heteroatoms. The molecule has 2 heterocycles. The van der Waals surface area contributed by atoms with E-state index in [4.69, 9.17) is 0 Å². The maximum atomic E-state index is 12.5. The Balaban J connectivity index is 1.81. The number of hydrogen-bond acceptors (Lipinski definition) is 4. The fourth-order valence-corrected chi connectivity index (χ4v) is 2.64. The van der Waals surface area contributed by atoms with Gasteiger partial charge < -0.3 is 9.42 Å². The number of benzene rings is 1. The fourth-order valence-electron chi connectivity index (χ4n) is 2.64. The van der Waals surface area contributed by atoms with Gasteiger partial charge in [-0.15, -0.1) is 0 Å². The SMILES string of the molecule is CC1CCN(C(=O)c2cccc(-c3noc(C(F)(F)F)n3)c2)CC1. The van der Waals surface area contributed by atoms with E-state index < -0.39 is 12.1 Å². The Morgan fingerprint density at radius 3 is 2.62 bits per heavy atom. The van der Waals surface area contributed by atoms with Crippen LogP contribution in [0.5, 0.6) is 0 Å². The predicted octanol–water partition coefficient (Wildman–Crippen LogP) is 3.63. The van der Waals surface area contributed by atoms with Crippen molar-refractivity contribution < 1.29 is 22.5 Å². The first-order valence-electron chi connectivity index (χ1n) is 7.65. The number of nitrogens with zero attached hydrogens (tertiary/aromatic N) is 3. The average Bonchev–Trinajstić information content (AvgIpc) is 3.05. The van der Waals surface area contributed by atoms with Crippen molar-refractivity contribution in [3.63, 3.8) is 0 Å². The third kappa shape index (κ3) is 3.42. The summed E-state index contributed by atoms with van der Waals surface area (Å²) in [7, 11) is 0. The Bertz CT molecular complexity index is 734. The Morgan fingerprint density at radius 1 is 1.29 bits per heavy atom. The molecule has 0 spiro atoms. The van der Waals surface area contributed by atoms with Gasteiger partial charge >= 0.3 is 12.1 Å². The zero-order chi connectivity index (χ0) is 17.3. The van der Waals surface area contributed by atoms with Crippen LogP contribution in [0.2, 0.25) is 0 Å². The number of hydrogen-bond donors (Lipinski definition) is 0. The summed E-state index contributed by atoms with van der Waals surface area (Å²) in [5.41, 5.74) is 0.714. The van der Waals surface area contributed by atoms with Crippen molar-refractivity contribution in [2.24, 2.45) is 5.92 Å². The lowest BCUT2D eigenvalue weighted by molar-refractivity contribution is -0.159. The van der Waals surface area contributed by atoms with E-state index in [1.54, 1.807) is 23.1 Å². The Labute approximate surface area is 136 Å². The Hall–Kier alpha value is -2.38. The highest BCUT2D eigenvalue weighted by Crippen LogP contribution is 2.29. The van der Waals surface area contributed by atoms with Crippen molar-refractivity contribution in [2.75, 3.05) is 13.1 Å². The number of carbonyl (C=O) groups excluding carboxylic acids is 1. The maximum Gasteiger partial charge on any atom is 0.471 e. The molecule has 3 rings (SSSR count). The molecule has 0 unspecified atom stereocenters. The van der Waals surface area contributed by atoms with Crippen molar-refractivity contribution in [1.82, 2.24) is 15.0 Å². The van der Waals surface area contributed by atoms with Gasteiger partial charge in [-0.2, -0.15) is 18.2 Å². The lowest BCUT2D eigenvalue weighted by Crippen LogP contribution is -2.37. The van der Waals surface area contributed by atoms with Gasteiger partial charge in [-0.25, -0.2) is 0 Å². The summed E-state index contributed by atoms with van der Waals surface area (Å²) in [4.78, 5) is 17.6. The van der Waals surface area contributed by atoms with Gasteiger partial charge in [0.25, 0.3) is 5.91 Å². The molecule has 0 radical (unpaired) electrons. The van der Waals surface area contributed by atoms with Crippen molar-refractivity contribution >= 4 is 5.91 Å². The van der Waals surface area contributed by atoms with E-state index in [0.29, 0.717) is 30.1 Å². The van der Waals surface area contributed by atoms with Crippen molar-refractivity contribution in [2.45, 2.75) is 25.9 Å². The summed E-state index contributed by atoms with van der Waals surface area (Å²) < 4.78 is 41.9. The normalized spacial score (nSPS) is 16.4. The molecule has 1 saturated heterocycles. The topological polar surface area (TPSA) is 59.2 Å². The van der Waals surface area contributed by atoms with Gasteiger partial charge in [0, 0.05) is 24.2 Å². The van der Waals surface area contributed by atoms with E-state index in [1.165, 1.54) is 6.07 Å². The van der Waals surface area contributed by atoms with Gasteiger partial charge in [-0.3, -0.25) is 4.79 Å². The Morgan fingerprint density at radius 2 is 2.00 bits per heavy atom. The molecule has 1 amide bonds. The van der Waals surface area contributed by atoms with E-state index in [2.05, 4.69) is 21.6 Å². The molecule has 0 aliphatic carbocycles. The van der Waals surface area contributed by atoms with E-state index >= 15 is 0 Å². The predicted molar refractivity (Wildman–Crippen MR) is 79.0 cm³/mol. The molecule has 5 nitrogen and oxygen atoms in total. The van der Waals surface area contributed by atoms with Crippen LogP contribution >= 0.6 is 0 Å². The lowest BCUT2D eigenvalue weighted by atomic mass is 9.98. The zero-order valence-corrected chi connectivity index (χ0v) is 13.0. The summed E-state index contributed by atoms with van der Waals surface area (Å²) in [5.74, 6) is -1.13. The van der Waals surface area contributed by atoms with E-state index in [-0.39, 0.29) is 11.7 Å². The molecule has 0 saturated carbocycles. The monoisotopic (exact) mass is 339 g/mol. The van der Waals surface area contributed by atoms with Crippen LogP contribution in [0.15, 0.2) is 28.8 Å². The quantitative estimate of drug-likeness (QED) is 0.838. The molecule has 1 fully saturated rings. The number of alkyl halides is 3. The van der Waals surface area contributed by atoms with Gasteiger partial charge in [0.2, 0.25) is 5.82 Å². The van der Waals surface area contributed by atoms with Crippen LogP contribution in [0.3, 0.4) is 0 Å². The van der Waals surface area contributed by atoms with Gasteiger partial charge in [-0.05, 0) is 30.9 Å². The minimum atomic E-state index is -4.69. The molecule has 1 aromatic carbocycles. The summed E-state index contributed by atoms with van der Waals surface area (Å²) in [6.07, 6.45) is -2.79. The molecular weight excluding hydrogens is 323 g/mol. The highest BCUT2D eigenvalue weighted by molar-refractivity contribution is 5.95. The minimum absolute atomic E-state index is 0.136. The molecular formula is C16H16F3N3O2. The third-order valence-corrected chi connectivity index (χ3v) is 4.11. The second-order valence-electron chi connectivity index (χ2n) is 5.98. The fraction of sp³-hybridized carbons (Fsp3) is 0.438. The molecule has 0 bridgehead atoms. The second-order valence-corrected chi connectivity index (χ2v) is 5.98. The van der Waals surface area contributed by atoms with Crippen LogP contribution in [-0.2, 0) is 6.18 Å². The van der Waals surface area contributed by atoms with E-state index in [9.17, 15) is 18.0 Å². The molecule has 128 valence electrons. The number of amides is 1. The number of rotatable bonds is 2. The summed E-state index contributed by atoms with van der Waals surface area (Å²) in [6.45, 7) is 3.52. The summed E-state index contributed by atoms with van der Waals surface area (Å²) in [6, 6.07) is 6.26. The number of aromatic nitrogens is 2. The first-order valence-corrected chi connectivity index (χ1v) is 7.65. The van der Waals surface area contributed by atoms with E-state index in [0.717, 1.165) is 12.8 Å². The molecule has 0 atom stereocenters. The van der Waals surface area contributed by atoms with E-state index in [1.807, 2.05) is 0 Å². The number of carbonyl (C=O) groups is 1. The molecule has 0 N–H and O–H groups in total. The highest BCUT2D eigenvalue weighted by atomic mass is 19.4. The summed E-state index contributed by atoms with van der Waals surface area (Å²) >= 11 is 0. The average molecular weight is 339 g/mol. The minimum Gasteiger partial charge on any atom is -0.339 e. The van der Waals surface area contributed by atoms with Crippen LogP contribution in [0.4, 0.5) is 13.2 Å². The van der Waals surface area contributed by atoms with Gasteiger partial charge in [0.05, 0.1) is 0 Å². The van der Waals surface area contributed by atoms with Crippen LogP contribution in [0.1, 0.15) is 36.0 Å². The van der Waals surface area contributed by atoms with Crippen LogP contribution in [0, 0.1) is 5.92 Å². The molecule has 1 aliphatic rings. The van der Waals surface area contributed by atoms with Crippen molar-refractivity contribution in [3.8, 4) is 11.4 Å². The number of piperidine rings is 1. The molecule has 2 aromatic rings. The van der Waals surface area contributed by atoms with Crippen LogP contribution in [0.25, 0.3) is 11.4 Å². The largest absolute Gasteiger partial charge is 0.471 e. The highest BCUT2D eigenvalue weighted by Gasteiger charge is 2.38. The van der Waals surface area contributed by atoms with Gasteiger partial charge in [-0.1, -0.05) is 24.2 Å². The van der Waals surface area contributed by atoms with Crippen LogP contribution in [-0.4, -0.2) is 34.0 Å². The number of likely N-dealkylation sites (tertiary alicyclic amines) is 1. The smallest absolute Gasteiger partial charge is 0.339 e. The maximum absolute atomic E-state index is 12.5. The third-order valence-electron chi connectivity index (χ3n) is 4.11. The second kappa shape index (κ2) is 6.26. The zero-order valence-electron chi connectivity index (χ0n) is 13.0. The Kier molecular flexibility index (Phi) is 4.29. The first kappa shape index (κ1) is 16.5. The standard InChI is InChI=1S/C16H16F3N3O2/c1-10-5-7-22(8-6-10)14(23)12-4-2-3-11(9-12)13-20-15(24-21-13)16(17,18)19/h2-4,9-10H,5-8H2,1H3. The lowest BCUT2D eigenvalue weighted by Gasteiger charge is -2.30. The van der Waals surface area contributed by atoms with Gasteiger partial charge in [0.15, 0.2) is 0 Å². The van der Waals surface area contributed by atoms with Gasteiger partial charge in [0.1, 0.15) is 0 Å². The number of halogens is 3. The van der Waals surface area contributed by atoms with Crippen molar-refractivity contribution in [1.29, 1.82) is 0 Å². The molecule has 1 aliphatic heterocycles.